The first-order valence-electron chi connectivity index (χ1n) is 8.96. The molecule has 3 N–H and O–H groups in total. The molecule has 0 spiro atoms. The standard InChI is InChI=1S/C21H26O3/c1-4-21(24)10-8-18-19(2)12-17(23)15-11-13(22)5-6-14(15)16(19)7-9-20(18,21)3/h1,5-6,11,16-18,22-24H,7-10,12H2,2-3H3/t16-,17+,18+,19-,20+,21+/m1/s1. The molecule has 6 atom stereocenters. The molecule has 0 radical (unpaired) electrons. The summed E-state index contributed by atoms with van der Waals surface area (Å²) in [5.41, 5.74) is 0.614. The van der Waals surface area contributed by atoms with Crippen LogP contribution in [0.25, 0.3) is 0 Å². The monoisotopic (exact) mass is 326 g/mol. The zero-order chi connectivity index (χ0) is 17.3. The van der Waals surface area contributed by atoms with E-state index in [-0.39, 0.29) is 16.6 Å². The first-order valence-corrected chi connectivity index (χ1v) is 8.96. The molecule has 4 rings (SSSR count). The van der Waals surface area contributed by atoms with Crippen molar-refractivity contribution in [2.75, 3.05) is 0 Å². The van der Waals surface area contributed by atoms with Gasteiger partial charge in [0.2, 0.25) is 0 Å². The van der Waals surface area contributed by atoms with Crippen molar-refractivity contribution in [3.05, 3.63) is 29.3 Å². The van der Waals surface area contributed by atoms with E-state index in [1.165, 1.54) is 0 Å². The van der Waals surface area contributed by atoms with E-state index in [0.717, 1.165) is 30.4 Å². The Kier molecular flexibility index (Phi) is 3.18. The molecule has 24 heavy (non-hydrogen) atoms. The van der Waals surface area contributed by atoms with Gasteiger partial charge in [-0.2, -0.15) is 0 Å². The Bertz CT molecular complexity index is 735. The largest absolute Gasteiger partial charge is 0.508 e. The lowest BCUT2D eigenvalue weighted by Gasteiger charge is -2.58. The molecule has 0 amide bonds. The number of terminal acetylenes is 1. The van der Waals surface area contributed by atoms with Gasteiger partial charge in [0.1, 0.15) is 11.4 Å². The Morgan fingerprint density at radius 2 is 1.92 bits per heavy atom. The van der Waals surface area contributed by atoms with Gasteiger partial charge < -0.3 is 15.3 Å². The van der Waals surface area contributed by atoms with Crippen molar-refractivity contribution in [2.45, 2.75) is 63.6 Å². The molecule has 0 saturated heterocycles. The fourth-order valence-electron chi connectivity index (χ4n) is 6.43. The van der Waals surface area contributed by atoms with Crippen molar-refractivity contribution in [2.24, 2.45) is 16.7 Å². The molecule has 3 aliphatic rings. The maximum Gasteiger partial charge on any atom is 0.130 e. The average Bonchev–Trinajstić information content (AvgIpc) is 2.81. The maximum atomic E-state index is 11.0. The molecule has 0 bridgehead atoms. The fourth-order valence-corrected chi connectivity index (χ4v) is 6.43. The fraction of sp³-hybridized carbons (Fsp3) is 0.619. The van der Waals surface area contributed by atoms with Crippen LogP contribution in [-0.2, 0) is 0 Å². The van der Waals surface area contributed by atoms with Crippen molar-refractivity contribution in [1.82, 2.24) is 0 Å². The summed E-state index contributed by atoms with van der Waals surface area (Å²) in [5, 5.41) is 31.6. The first kappa shape index (κ1) is 16.0. The number of rotatable bonds is 0. The van der Waals surface area contributed by atoms with Crippen LogP contribution in [0.15, 0.2) is 18.2 Å². The molecule has 1 aromatic rings. The highest BCUT2D eigenvalue weighted by Crippen LogP contribution is 2.70. The van der Waals surface area contributed by atoms with Crippen molar-refractivity contribution < 1.29 is 15.3 Å². The summed E-state index contributed by atoms with van der Waals surface area (Å²) in [6.07, 6.45) is 9.21. The number of phenols is 1. The predicted molar refractivity (Wildman–Crippen MR) is 92.4 cm³/mol. The van der Waals surface area contributed by atoms with Crippen LogP contribution in [0.3, 0.4) is 0 Å². The van der Waals surface area contributed by atoms with E-state index in [4.69, 9.17) is 6.42 Å². The molecule has 1 aromatic carbocycles. The Hall–Kier alpha value is -1.50. The third kappa shape index (κ3) is 1.76. The molecule has 0 unspecified atom stereocenters. The van der Waals surface area contributed by atoms with Gasteiger partial charge in [0, 0.05) is 5.41 Å². The van der Waals surface area contributed by atoms with E-state index in [9.17, 15) is 15.3 Å². The van der Waals surface area contributed by atoms with Crippen LogP contribution in [0.1, 0.15) is 69.1 Å². The lowest BCUT2D eigenvalue weighted by Crippen LogP contribution is -2.54. The summed E-state index contributed by atoms with van der Waals surface area (Å²) in [6, 6.07) is 5.40. The van der Waals surface area contributed by atoms with Gasteiger partial charge in [0.25, 0.3) is 0 Å². The van der Waals surface area contributed by atoms with Crippen molar-refractivity contribution >= 4 is 0 Å². The first-order chi connectivity index (χ1) is 11.2. The average molecular weight is 326 g/mol. The van der Waals surface area contributed by atoms with Gasteiger partial charge in [0.15, 0.2) is 0 Å². The normalized spacial score (nSPS) is 46.5. The minimum absolute atomic E-state index is 0.0856. The SMILES string of the molecule is C#C[C@]1(O)CC[C@H]2[C@]3(C)C[C@H](O)c4cc(O)ccc4[C@H]3CC[C@@]21C. The van der Waals surface area contributed by atoms with Gasteiger partial charge in [0.05, 0.1) is 6.10 Å². The molecule has 2 saturated carbocycles. The molecule has 3 heteroatoms. The van der Waals surface area contributed by atoms with Gasteiger partial charge in [-0.15, -0.1) is 6.42 Å². The highest BCUT2D eigenvalue weighted by atomic mass is 16.3. The number of hydrogen-bond donors (Lipinski definition) is 3. The molecule has 0 aliphatic heterocycles. The summed E-state index contributed by atoms with van der Waals surface area (Å²) in [5.74, 6) is 3.53. The van der Waals surface area contributed by atoms with Crippen LogP contribution in [0.4, 0.5) is 0 Å². The van der Waals surface area contributed by atoms with E-state index in [0.29, 0.717) is 24.7 Å². The van der Waals surface area contributed by atoms with Crippen LogP contribution >= 0.6 is 0 Å². The quantitative estimate of drug-likeness (QED) is 0.640. The van der Waals surface area contributed by atoms with Gasteiger partial charge >= 0.3 is 0 Å². The summed E-state index contributed by atoms with van der Waals surface area (Å²) in [7, 11) is 0. The number of phenolic OH excluding ortho intramolecular Hbond substituents is 1. The van der Waals surface area contributed by atoms with Crippen LogP contribution in [0, 0.1) is 29.1 Å². The molecular weight excluding hydrogens is 300 g/mol. The lowest BCUT2D eigenvalue weighted by atomic mass is 9.46. The van der Waals surface area contributed by atoms with E-state index in [2.05, 4.69) is 19.8 Å². The van der Waals surface area contributed by atoms with Crippen LogP contribution < -0.4 is 0 Å². The third-order valence-electron chi connectivity index (χ3n) is 7.73. The number of benzene rings is 1. The van der Waals surface area contributed by atoms with Crippen LogP contribution in [0.5, 0.6) is 5.75 Å². The summed E-state index contributed by atoms with van der Waals surface area (Å²) in [4.78, 5) is 0. The second kappa shape index (κ2) is 4.77. The Morgan fingerprint density at radius 3 is 2.62 bits per heavy atom. The van der Waals surface area contributed by atoms with Crippen LogP contribution in [0.2, 0.25) is 0 Å². The molecule has 2 fully saturated rings. The molecule has 3 nitrogen and oxygen atoms in total. The van der Waals surface area contributed by atoms with Gasteiger partial charge in [-0.25, -0.2) is 0 Å². The van der Waals surface area contributed by atoms with E-state index >= 15 is 0 Å². The summed E-state index contributed by atoms with van der Waals surface area (Å²) in [6.45, 7) is 4.41. The summed E-state index contributed by atoms with van der Waals surface area (Å²) < 4.78 is 0. The Morgan fingerprint density at radius 1 is 1.17 bits per heavy atom. The lowest BCUT2D eigenvalue weighted by molar-refractivity contribution is -0.110. The van der Waals surface area contributed by atoms with Gasteiger partial charge in [-0.05, 0) is 72.6 Å². The molecule has 0 heterocycles. The Labute approximate surface area is 143 Å². The summed E-state index contributed by atoms with van der Waals surface area (Å²) >= 11 is 0. The van der Waals surface area contributed by atoms with E-state index < -0.39 is 11.7 Å². The van der Waals surface area contributed by atoms with Crippen molar-refractivity contribution in [3.8, 4) is 18.1 Å². The highest BCUT2D eigenvalue weighted by molar-refractivity contribution is 5.43. The zero-order valence-corrected chi connectivity index (χ0v) is 14.4. The minimum Gasteiger partial charge on any atom is -0.508 e. The topological polar surface area (TPSA) is 60.7 Å². The zero-order valence-electron chi connectivity index (χ0n) is 14.4. The maximum absolute atomic E-state index is 11.0. The van der Waals surface area contributed by atoms with E-state index in [1.54, 1.807) is 12.1 Å². The molecular formula is C21H26O3. The molecule has 3 aliphatic carbocycles. The number of hydrogen-bond acceptors (Lipinski definition) is 3. The van der Waals surface area contributed by atoms with E-state index in [1.807, 2.05) is 6.07 Å². The predicted octanol–water partition coefficient (Wildman–Crippen LogP) is 3.49. The second-order valence-corrected chi connectivity index (χ2v) is 8.64. The van der Waals surface area contributed by atoms with Crippen molar-refractivity contribution in [1.29, 1.82) is 0 Å². The number of aliphatic hydroxyl groups excluding tert-OH is 1. The second-order valence-electron chi connectivity index (χ2n) is 8.64. The van der Waals surface area contributed by atoms with Crippen LogP contribution in [-0.4, -0.2) is 20.9 Å². The minimum atomic E-state index is -1.04. The number of aromatic hydroxyl groups is 1. The number of fused-ring (bicyclic) bond motifs is 5. The molecule has 0 aromatic heterocycles. The Balaban J connectivity index is 1.83. The van der Waals surface area contributed by atoms with Gasteiger partial charge in [-0.1, -0.05) is 25.8 Å². The smallest absolute Gasteiger partial charge is 0.130 e. The van der Waals surface area contributed by atoms with Crippen molar-refractivity contribution in [3.63, 3.8) is 0 Å². The molecule has 128 valence electrons. The van der Waals surface area contributed by atoms with Gasteiger partial charge in [-0.3, -0.25) is 0 Å². The third-order valence-corrected chi connectivity index (χ3v) is 7.73. The number of aliphatic hydroxyl groups is 2. The highest BCUT2D eigenvalue weighted by Gasteiger charge is 2.65.